The van der Waals surface area contributed by atoms with Gasteiger partial charge in [0, 0.05) is 16.8 Å². The van der Waals surface area contributed by atoms with Gasteiger partial charge in [0.15, 0.2) is 0 Å². The van der Waals surface area contributed by atoms with Crippen LogP contribution < -0.4 is 0 Å². The number of benzene rings is 1. The molecule has 24 heavy (non-hydrogen) atoms. The zero-order chi connectivity index (χ0) is 17.4. The highest BCUT2D eigenvalue weighted by molar-refractivity contribution is 6.36. The molecule has 1 N–H and O–H groups in total. The van der Waals surface area contributed by atoms with Crippen molar-refractivity contribution in [3.63, 3.8) is 0 Å². The molecule has 0 amide bonds. The molecule has 0 atom stereocenters. The molecule has 0 aliphatic rings. The largest absolute Gasteiger partial charge is 0.481 e. The Balaban J connectivity index is 2.37. The Morgan fingerprint density at radius 3 is 2.75 bits per heavy atom. The molecule has 0 aliphatic carbocycles. The highest BCUT2D eigenvalue weighted by Crippen LogP contribution is 2.33. The summed E-state index contributed by atoms with van der Waals surface area (Å²) in [6, 6.07) is 7.08. The Hall–Kier alpha value is -2.62. The monoisotopic (exact) mass is 360 g/mol. The van der Waals surface area contributed by atoms with Crippen molar-refractivity contribution >= 4 is 34.9 Å². The van der Waals surface area contributed by atoms with E-state index >= 15 is 0 Å². The summed E-state index contributed by atoms with van der Waals surface area (Å²) in [4.78, 5) is 19.4. The Bertz CT molecular complexity index is 1020. The molecule has 0 bridgehead atoms. The minimum atomic E-state index is -0.998. The van der Waals surface area contributed by atoms with E-state index in [9.17, 15) is 10.1 Å². The first-order chi connectivity index (χ1) is 11.4. The van der Waals surface area contributed by atoms with Gasteiger partial charge in [0.2, 0.25) is 5.78 Å². The molecule has 120 valence electrons. The van der Waals surface area contributed by atoms with E-state index in [2.05, 4.69) is 16.0 Å². The van der Waals surface area contributed by atoms with E-state index in [0.29, 0.717) is 44.0 Å². The van der Waals surface area contributed by atoms with Gasteiger partial charge >= 0.3 is 5.97 Å². The number of aromatic nitrogens is 3. The van der Waals surface area contributed by atoms with Crippen LogP contribution in [0.1, 0.15) is 17.0 Å². The van der Waals surface area contributed by atoms with Gasteiger partial charge in [0.05, 0.1) is 34.1 Å². The number of imidazole rings is 1. The van der Waals surface area contributed by atoms with Crippen LogP contribution in [0.25, 0.3) is 17.0 Å². The maximum Gasteiger partial charge on any atom is 0.309 e. The number of aryl methyl sites for hydroxylation is 1. The highest BCUT2D eigenvalue weighted by Gasteiger charge is 2.19. The molecule has 0 saturated carbocycles. The number of nitriles is 1. The summed E-state index contributed by atoms with van der Waals surface area (Å²) in [5, 5.41) is 19.3. The van der Waals surface area contributed by atoms with Crippen molar-refractivity contribution in [2.24, 2.45) is 0 Å². The van der Waals surface area contributed by atoms with Crippen molar-refractivity contribution in [2.45, 2.75) is 13.3 Å². The van der Waals surface area contributed by atoms with E-state index < -0.39 is 5.97 Å². The normalized spacial score (nSPS) is 10.8. The summed E-state index contributed by atoms with van der Waals surface area (Å²) in [5.41, 5.74) is 2.26. The molecule has 8 heteroatoms. The predicted octanol–water partition coefficient (Wildman–Crippen LogP) is 3.51. The van der Waals surface area contributed by atoms with E-state index in [1.165, 1.54) is 0 Å². The summed E-state index contributed by atoms with van der Waals surface area (Å²) < 4.78 is 1.58. The fraction of sp³-hybridized carbons (Fsp3) is 0.125. The van der Waals surface area contributed by atoms with Crippen LogP contribution in [0.3, 0.4) is 0 Å². The van der Waals surface area contributed by atoms with Gasteiger partial charge in [-0.15, -0.1) is 0 Å². The van der Waals surface area contributed by atoms with Crippen LogP contribution in [0.4, 0.5) is 0 Å². The molecule has 0 aliphatic heterocycles. The smallest absolute Gasteiger partial charge is 0.309 e. The van der Waals surface area contributed by atoms with Crippen LogP contribution in [-0.2, 0) is 11.2 Å². The molecule has 0 fully saturated rings. The van der Waals surface area contributed by atoms with Crippen molar-refractivity contribution in [1.82, 2.24) is 14.4 Å². The third-order valence-electron chi connectivity index (χ3n) is 3.47. The number of hydrogen-bond donors (Lipinski definition) is 1. The number of carboxylic acids is 1. The Morgan fingerprint density at radius 2 is 2.12 bits per heavy atom. The minimum Gasteiger partial charge on any atom is -0.481 e. The number of aliphatic carboxylic acids is 1. The van der Waals surface area contributed by atoms with Gasteiger partial charge in [-0.05, 0) is 25.1 Å². The molecule has 2 heterocycles. The van der Waals surface area contributed by atoms with Gasteiger partial charge in [0.1, 0.15) is 6.07 Å². The van der Waals surface area contributed by atoms with Crippen LogP contribution >= 0.6 is 23.2 Å². The van der Waals surface area contributed by atoms with E-state index in [1.807, 2.05) is 0 Å². The van der Waals surface area contributed by atoms with Gasteiger partial charge in [0.25, 0.3) is 0 Å². The highest BCUT2D eigenvalue weighted by atomic mass is 35.5. The topological polar surface area (TPSA) is 91.3 Å². The van der Waals surface area contributed by atoms with Crippen molar-refractivity contribution in [3.05, 3.63) is 51.4 Å². The fourth-order valence-corrected chi connectivity index (χ4v) is 2.98. The van der Waals surface area contributed by atoms with Crippen LogP contribution in [0.15, 0.2) is 24.4 Å². The number of halogens is 2. The molecule has 0 spiro atoms. The predicted molar refractivity (Wildman–Crippen MR) is 89.2 cm³/mol. The van der Waals surface area contributed by atoms with E-state index in [-0.39, 0.29) is 6.42 Å². The summed E-state index contributed by atoms with van der Waals surface area (Å²) in [7, 11) is 0. The van der Waals surface area contributed by atoms with E-state index in [4.69, 9.17) is 28.3 Å². The molecular weight excluding hydrogens is 351 g/mol. The van der Waals surface area contributed by atoms with Crippen molar-refractivity contribution < 1.29 is 9.90 Å². The summed E-state index contributed by atoms with van der Waals surface area (Å²) in [6.45, 7) is 1.69. The molecule has 2 aromatic heterocycles. The van der Waals surface area contributed by atoms with Crippen LogP contribution in [0.5, 0.6) is 0 Å². The Kier molecular flexibility index (Phi) is 4.14. The SMILES string of the molecule is Cc1nc2nc(CC(=O)O)cn2c(-c2ccc(Cl)cc2Cl)c1C#N. The van der Waals surface area contributed by atoms with Crippen molar-refractivity contribution in [1.29, 1.82) is 5.26 Å². The Morgan fingerprint density at radius 1 is 1.38 bits per heavy atom. The summed E-state index contributed by atoms with van der Waals surface area (Å²) in [5.74, 6) is -0.689. The second-order valence-corrected chi connectivity index (χ2v) is 5.97. The fourth-order valence-electron chi connectivity index (χ4n) is 2.48. The Labute approximate surface area is 146 Å². The number of hydrogen-bond acceptors (Lipinski definition) is 4. The molecule has 1 aromatic carbocycles. The average Bonchev–Trinajstić information content (AvgIpc) is 2.87. The lowest BCUT2D eigenvalue weighted by Gasteiger charge is -2.11. The van der Waals surface area contributed by atoms with Crippen LogP contribution in [-0.4, -0.2) is 25.4 Å². The number of rotatable bonds is 3. The van der Waals surface area contributed by atoms with E-state index in [1.54, 1.807) is 35.7 Å². The second-order valence-electron chi connectivity index (χ2n) is 5.13. The van der Waals surface area contributed by atoms with Gasteiger partial charge in [-0.1, -0.05) is 23.2 Å². The van der Waals surface area contributed by atoms with E-state index in [0.717, 1.165) is 0 Å². The molecular formula is C16H10Cl2N4O2. The lowest BCUT2D eigenvalue weighted by Crippen LogP contribution is -2.02. The number of nitrogens with zero attached hydrogens (tertiary/aromatic N) is 4. The maximum absolute atomic E-state index is 10.9. The third-order valence-corrected chi connectivity index (χ3v) is 4.02. The molecule has 0 unspecified atom stereocenters. The lowest BCUT2D eigenvalue weighted by molar-refractivity contribution is -0.136. The van der Waals surface area contributed by atoms with Gasteiger partial charge in [-0.2, -0.15) is 5.26 Å². The lowest BCUT2D eigenvalue weighted by atomic mass is 10.1. The number of fused-ring (bicyclic) bond motifs is 1. The molecule has 6 nitrogen and oxygen atoms in total. The maximum atomic E-state index is 10.9. The van der Waals surface area contributed by atoms with Crippen LogP contribution in [0, 0.1) is 18.3 Å². The molecule has 0 radical (unpaired) electrons. The summed E-state index contributed by atoms with van der Waals surface area (Å²) in [6.07, 6.45) is 1.31. The molecule has 3 aromatic rings. The number of carbonyl (C=O) groups is 1. The second kappa shape index (κ2) is 6.11. The quantitative estimate of drug-likeness (QED) is 0.771. The zero-order valence-corrected chi connectivity index (χ0v) is 13.9. The summed E-state index contributed by atoms with van der Waals surface area (Å²) >= 11 is 12.2. The van der Waals surface area contributed by atoms with Crippen molar-refractivity contribution in [2.75, 3.05) is 0 Å². The third kappa shape index (κ3) is 2.80. The van der Waals surface area contributed by atoms with Crippen molar-refractivity contribution in [3.8, 4) is 17.3 Å². The standard InChI is InChI=1S/C16H10Cl2N4O2/c1-8-12(6-19)15(11-3-2-9(17)4-13(11)18)22-7-10(5-14(23)24)21-16(22)20-8/h2-4,7H,5H2,1H3,(H,23,24). The molecule has 3 rings (SSSR count). The van der Waals surface area contributed by atoms with Gasteiger partial charge in [-0.25, -0.2) is 9.97 Å². The molecule has 0 saturated heterocycles. The minimum absolute atomic E-state index is 0.238. The average molecular weight is 361 g/mol. The first kappa shape index (κ1) is 16.2. The first-order valence-electron chi connectivity index (χ1n) is 6.86. The van der Waals surface area contributed by atoms with Gasteiger partial charge in [-0.3, -0.25) is 9.20 Å². The van der Waals surface area contributed by atoms with Crippen LogP contribution in [0.2, 0.25) is 10.0 Å². The number of carboxylic acid groups (broad SMARTS) is 1. The first-order valence-corrected chi connectivity index (χ1v) is 7.62. The zero-order valence-electron chi connectivity index (χ0n) is 12.4. The van der Waals surface area contributed by atoms with Gasteiger partial charge < -0.3 is 5.11 Å².